The summed E-state index contributed by atoms with van der Waals surface area (Å²) in [5.74, 6) is 0.843. The minimum atomic E-state index is -0.396. The Balaban J connectivity index is 1.85. The Hall–Kier alpha value is -1.83. The molecule has 2 aromatic carbocycles. The number of halogens is 1. The molecule has 0 radical (unpaired) electrons. The summed E-state index contributed by atoms with van der Waals surface area (Å²) in [6.45, 7) is 3.17. The van der Waals surface area contributed by atoms with Gasteiger partial charge in [-0.1, -0.05) is 12.1 Å². The molecule has 0 spiro atoms. The molecule has 0 unspecified atom stereocenters. The summed E-state index contributed by atoms with van der Waals surface area (Å²) >= 11 is 2.08. The maximum Gasteiger partial charge on any atom is 0.270 e. The number of nitro benzene ring substituents is 1. The van der Waals surface area contributed by atoms with Crippen LogP contribution in [0.2, 0.25) is 0 Å². The topological polar surface area (TPSA) is 64.4 Å². The molecule has 21 heavy (non-hydrogen) atoms. The number of benzene rings is 2. The van der Waals surface area contributed by atoms with Gasteiger partial charge in [0.25, 0.3) is 5.69 Å². The molecule has 0 fully saturated rings. The number of hydrogen-bond acceptors (Lipinski definition) is 4. The van der Waals surface area contributed by atoms with Gasteiger partial charge in [-0.3, -0.25) is 10.1 Å². The minimum Gasteiger partial charge on any atom is -0.492 e. The SMILES string of the molecule is Cc1cccc(OCCNc2ccc([N+](=O)[O-])cc2I)c1. The predicted molar refractivity (Wildman–Crippen MR) is 91.0 cm³/mol. The molecule has 0 aliphatic heterocycles. The standard InChI is InChI=1S/C15H15IN2O3/c1-11-3-2-4-13(9-11)21-8-7-17-15-6-5-12(18(19)20)10-14(15)16/h2-6,9-10,17H,7-8H2,1H3. The lowest BCUT2D eigenvalue weighted by Crippen LogP contribution is -2.12. The van der Waals surface area contributed by atoms with E-state index in [0.717, 1.165) is 20.6 Å². The average molecular weight is 398 g/mol. The smallest absolute Gasteiger partial charge is 0.270 e. The van der Waals surface area contributed by atoms with Crippen molar-refractivity contribution in [2.45, 2.75) is 6.92 Å². The van der Waals surface area contributed by atoms with Crippen LogP contribution >= 0.6 is 22.6 Å². The summed E-state index contributed by atoms with van der Waals surface area (Å²) in [5.41, 5.74) is 2.13. The molecule has 0 aromatic heterocycles. The molecule has 2 rings (SSSR count). The summed E-state index contributed by atoms with van der Waals surface area (Å²) in [7, 11) is 0. The highest BCUT2D eigenvalue weighted by Gasteiger charge is 2.08. The number of ether oxygens (including phenoxy) is 1. The minimum absolute atomic E-state index is 0.0981. The van der Waals surface area contributed by atoms with Crippen molar-refractivity contribution in [2.24, 2.45) is 0 Å². The van der Waals surface area contributed by atoms with Gasteiger partial charge in [-0.2, -0.15) is 0 Å². The van der Waals surface area contributed by atoms with Gasteiger partial charge in [0.05, 0.1) is 4.92 Å². The first-order valence-electron chi connectivity index (χ1n) is 6.43. The van der Waals surface area contributed by atoms with Crippen LogP contribution in [0.25, 0.3) is 0 Å². The van der Waals surface area contributed by atoms with Crippen LogP contribution in [0.5, 0.6) is 5.75 Å². The molecule has 110 valence electrons. The number of aryl methyl sites for hydroxylation is 1. The van der Waals surface area contributed by atoms with Crippen molar-refractivity contribution in [3.8, 4) is 5.75 Å². The highest BCUT2D eigenvalue weighted by molar-refractivity contribution is 14.1. The normalized spacial score (nSPS) is 10.2. The maximum atomic E-state index is 10.7. The van der Waals surface area contributed by atoms with Crippen LogP contribution < -0.4 is 10.1 Å². The summed E-state index contributed by atoms with van der Waals surface area (Å²) < 4.78 is 6.45. The van der Waals surface area contributed by atoms with Crippen LogP contribution in [0.4, 0.5) is 11.4 Å². The van der Waals surface area contributed by atoms with Crippen LogP contribution in [0.15, 0.2) is 42.5 Å². The molecule has 0 saturated carbocycles. The molecule has 0 heterocycles. The van der Waals surface area contributed by atoms with E-state index in [1.54, 1.807) is 12.1 Å². The Morgan fingerprint density at radius 3 is 2.76 bits per heavy atom. The predicted octanol–water partition coefficient (Wildman–Crippen LogP) is 4.00. The van der Waals surface area contributed by atoms with E-state index in [0.29, 0.717) is 13.2 Å². The van der Waals surface area contributed by atoms with Crippen molar-refractivity contribution in [3.63, 3.8) is 0 Å². The molecule has 5 nitrogen and oxygen atoms in total. The van der Waals surface area contributed by atoms with Crippen LogP contribution in [0.1, 0.15) is 5.56 Å². The van der Waals surface area contributed by atoms with Crippen molar-refractivity contribution < 1.29 is 9.66 Å². The lowest BCUT2D eigenvalue weighted by atomic mass is 10.2. The van der Waals surface area contributed by atoms with Crippen LogP contribution in [0, 0.1) is 20.6 Å². The van der Waals surface area contributed by atoms with Gasteiger partial charge in [0, 0.05) is 27.9 Å². The Bertz CT molecular complexity index is 647. The van der Waals surface area contributed by atoms with E-state index >= 15 is 0 Å². The van der Waals surface area contributed by atoms with Crippen molar-refractivity contribution >= 4 is 34.0 Å². The highest BCUT2D eigenvalue weighted by Crippen LogP contribution is 2.23. The van der Waals surface area contributed by atoms with Crippen molar-refractivity contribution in [1.82, 2.24) is 0 Å². The van der Waals surface area contributed by atoms with E-state index in [-0.39, 0.29) is 5.69 Å². The zero-order valence-corrected chi connectivity index (χ0v) is 13.7. The first kappa shape index (κ1) is 15.6. The van der Waals surface area contributed by atoms with E-state index in [2.05, 4.69) is 27.9 Å². The fourth-order valence-electron chi connectivity index (χ4n) is 1.82. The lowest BCUT2D eigenvalue weighted by molar-refractivity contribution is -0.384. The molecule has 0 atom stereocenters. The van der Waals surface area contributed by atoms with Gasteiger partial charge in [-0.25, -0.2) is 0 Å². The van der Waals surface area contributed by atoms with Gasteiger partial charge in [-0.15, -0.1) is 0 Å². The lowest BCUT2D eigenvalue weighted by Gasteiger charge is -2.10. The molecule has 0 saturated heterocycles. The maximum absolute atomic E-state index is 10.7. The summed E-state index contributed by atoms with van der Waals surface area (Å²) in [4.78, 5) is 10.3. The second kappa shape index (κ2) is 7.26. The van der Waals surface area contributed by atoms with Gasteiger partial charge in [0.15, 0.2) is 0 Å². The van der Waals surface area contributed by atoms with Crippen LogP contribution in [-0.2, 0) is 0 Å². The average Bonchev–Trinajstić information content (AvgIpc) is 2.45. The molecule has 0 bridgehead atoms. The van der Waals surface area contributed by atoms with E-state index in [1.165, 1.54) is 6.07 Å². The van der Waals surface area contributed by atoms with Gasteiger partial charge in [0.2, 0.25) is 0 Å². The molecule has 0 aliphatic carbocycles. The summed E-state index contributed by atoms with van der Waals surface area (Å²) in [6.07, 6.45) is 0. The molecule has 0 amide bonds. The van der Waals surface area contributed by atoms with E-state index in [1.807, 2.05) is 31.2 Å². The Kier molecular flexibility index (Phi) is 5.38. The first-order valence-corrected chi connectivity index (χ1v) is 7.51. The van der Waals surface area contributed by atoms with Crippen molar-refractivity contribution in [3.05, 3.63) is 61.7 Å². The number of non-ortho nitro benzene ring substituents is 1. The van der Waals surface area contributed by atoms with Crippen LogP contribution in [0.3, 0.4) is 0 Å². The number of hydrogen-bond donors (Lipinski definition) is 1. The molecule has 2 aromatic rings. The van der Waals surface area contributed by atoms with E-state index < -0.39 is 4.92 Å². The van der Waals surface area contributed by atoms with Crippen LogP contribution in [-0.4, -0.2) is 18.1 Å². The first-order chi connectivity index (χ1) is 10.1. The number of anilines is 1. The number of rotatable bonds is 6. The Morgan fingerprint density at radius 2 is 2.10 bits per heavy atom. The molecule has 6 heteroatoms. The largest absolute Gasteiger partial charge is 0.492 e. The zero-order chi connectivity index (χ0) is 15.2. The van der Waals surface area contributed by atoms with Gasteiger partial charge < -0.3 is 10.1 Å². The monoisotopic (exact) mass is 398 g/mol. The highest BCUT2D eigenvalue weighted by atomic mass is 127. The summed E-state index contributed by atoms with van der Waals surface area (Å²) in [6, 6.07) is 12.6. The number of nitrogens with zero attached hydrogens (tertiary/aromatic N) is 1. The van der Waals surface area contributed by atoms with Gasteiger partial charge in [-0.05, 0) is 53.3 Å². The molecule has 1 N–H and O–H groups in total. The quantitative estimate of drug-likeness (QED) is 0.346. The van der Waals surface area contributed by atoms with Crippen molar-refractivity contribution in [1.29, 1.82) is 0 Å². The zero-order valence-electron chi connectivity index (χ0n) is 11.5. The fraction of sp³-hybridized carbons (Fsp3) is 0.200. The van der Waals surface area contributed by atoms with Crippen molar-refractivity contribution in [2.75, 3.05) is 18.5 Å². The summed E-state index contributed by atoms with van der Waals surface area (Å²) in [5, 5.41) is 13.9. The van der Waals surface area contributed by atoms with Gasteiger partial charge >= 0.3 is 0 Å². The second-order valence-corrected chi connectivity index (χ2v) is 5.68. The Labute approximate surface area is 136 Å². The van der Waals surface area contributed by atoms with Gasteiger partial charge in [0.1, 0.15) is 12.4 Å². The molecular weight excluding hydrogens is 383 g/mol. The van der Waals surface area contributed by atoms with E-state index in [9.17, 15) is 10.1 Å². The Morgan fingerprint density at radius 1 is 1.29 bits per heavy atom. The molecular formula is C15H15IN2O3. The fourth-order valence-corrected chi connectivity index (χ4v) is 2.51. The third-order valence-corrected chi connectivity index (χ3v) is 3.73. The third-order valence-electron chi connectivity index (χ3n) is 2.84. The third kappa shape index (κ3) is 4.59. The number of nitrogens with one attached hydrogen (secondary N) is 1. The number of nitro groups is 1. The molecule has 0 aliphatic rings. The van der Waals surface area contributed by atoms with E-state index in [4.69, 9.17) is 4.74 Å². The second-order valence-electron chi connectivity index (χ2n) is 4.51.